The molecule has 1 amide bonds. The van der Waals surface area contributed by atoms with Crippen molar-refractivity contribution in [1.82, 2.24) is 14.5 Å². The van der Waals surface area contributed by atoms with Gasteiger partial charge in [0.1, 0.15) is 0 Å². The number of rotatable bonds is 5. The quantitative estimate of drug-likeness (QED) is 0.535. The van der Waals surface area contributed by atoms with Gasteiger partial charge in [-0.1, -0.05) is 12.8 Å². The number of benzene rings is 1. The van der Waals surface area contributed by atoms with Crippen molar-refractivity contribution in [3.8, 4) is 0 Å². The smallest absolute Gasteiger partial charge is 0.269 e. The molecule has 8 nitrogen and oxygen atoms in total. The van der Waals surface area contributed by atoms with Gasteiger partial charge in [0.2, 0.25) is 5.95 Å². The molecule has 2 aromatic heterocycles. The molecule has 1 aromatic carbocycles. The van der Waals surface area contributed by atoms with E-state index in [-0.39, 0.29) is 12.1 Å². The van der Waals surface area contributed by atoms with Gasteiger partial charge in [0, 0.05) is 24.8 Å². The van der Waals surface area contributed by atoms with Gasteiger partial charge in [-0.25, -0.2) is 4.98 Å². The van der Waals surface area contributed by atoms with Gasteiger partial charge in [0.05, 0.1) is 15.7 Å². The Morgan fingerprint density at radius 3 is 2.93 bits per heavy atom. The molecule has 0 radical (unpaired) electrons. The van der Waals surface area contributed by atoms with Crippen LogP contribution in [-0.4, -0.2) is 32.5 Å². The molecule has 1 saturated carbocycles. The van der Waals surface area contributed by atoms with Crippen molar-refractivity contribution in [1.29, 1.82) is 0 Å². The highest BCUT2D eigenvalue weighted by atomic mass is 32.1. The molecule has 0 aliphatic heterocycles. The summed E-state index contributed by atoms with van der Waals surface area (Å²) < 4.78 is 2.79. The minimum Gasteiger partial charge on any atom is -0.364 e. The summed E-state index contributed by atoms with van der Waals surface area (Å²) in [6.07, 6.45) is 4.27. The predicted octanol–water partition coefficient (Wildman–Crippen LogP) is 2.55. The van der Waals surface area contributed by atoms with E-state index in [1.807, 2.05) is 18.2 Å². The molecule has 2 heterocycles. The zero-order chi connectivity index (χ0) is 19.0. The third-order valence-electron chi connectivity index (χ3n) is 5.06. The van der Waals surface area contributed by atoms with E-state index >= 15 is 0 Å². The van der Waals surface area contributed by atoms with Crippen LogP contribution < -0.4 is 22.1 Å². The summed E-state index contributed by atoms with van der Waals surface area (Å²) in [6, 6.07) is 6.07. The van der Waals surface area contributed by atoms with Crippen molar-refractivity contribution in [3.05, 3.63) is 29.4 Å². The van der Waals surface area contributed by atoms with Gasteiger partial charge >= 0.3 is 0 Å². The number of carbonyl (C=O) groups is 1. The molecule has 4 rings (SSSR count). The second kappa shape index (κ2) is 7.16. The summed E-state index contributed by atoms with van der Waals surface area (Å²) in [5, 5.41) is 6.60. The average molecular weight is 385 g/mol. The summed E-state index contributed by atoms with van der Waals surface area (Å²) in [5.74, 6) is 0.470. The number of hydrogen-bond acceptors (Lipinski definition) is 7. The molecule has 0 bridgehead atoms. The Morgan fingerprint density at radius 2 is 2.15 bits per heavy atom. The summed E-state index contributed by atoms with van der Waals surface area (Å²) in [6.45, 7) is 0. The molecule has 142 valence electrons. The van der Waals surface area contributed by atoms with E-state index in [1.54, 1.807) is 28.5 Å². The number of thiazole rings is 1. The first kappa shape index (κ1) is 17.7. The van der Waals surface area contributed by atoms with Gasteiger partial charge in [-0.05, 0) is 31.0 Å². The summed E-state index contributed by atoms with van der Waals surface area (Å²) in [4.78, 5) is 20.9. The molecule has 0 unspecified atom stereocenters. The van der Waals surface area contributed by atoms with Crippen LogP contribution in [0, 0.1) is 0 Å². The van der Waals surface area contributed by atoms with Gasteiger partial charge in [-0.2, -0.15) is 4.98 Å². The van der Waals surface area contributed by atoms with Gasteiger partial charge in [-0.3, -0.25) is 4.79 Å². The van der Waals surface area contributed by atoms with Gasteiger partial charge < -0.3 is 26.7 Å². The van der Waals surface area contributed by atoms with Crippen molar-refractivity contribution in [2.75, 3.05) is 10.6 Å². The van der Waals surface area contributed by atoms with E-state index in [0.29, 0.717) is 17.5 Å². The summed E-state index contributed by atoms with van der Waals surface area (Å²) in [7, 11) is 1.78. The Labute approximate surface area is 161 Å². The number of anilines is 3. The zero-order valence-corrected chi connectivity index (χ0v) is 15.9. The number of amides is 1. The van der Waals surface area contributed by atoms with Crippen molar-refractivity contribution >= 4 is 44.9 Å². The molecule has 9 heteroatoms. The number of nitrogens with zero attached hydrogens (tertiary/aromatic N) is 3. The number of fused-ring (bicyclic) bond motifs is 1. The van der Waals surface area contributed by atoms with Gasteiger partial charge in [-0.15, -0.1) is 11.3 Å². The number of imidazole rings is 1. The van der Waals surface area contributed by atoms with E-state index in [0.717, 1.165) is 41.6 Å². The van der Waals surface area contributed by atoms with Crippen molar-refractivity contribution in [2.24, 2.45) is 18.5 Å². The maximum Gasteiger partial charge on any atom is 0.269 e. The predicted molar refractivity (Wildman–Crippen MR) is 108 cm³/mol. The highest BCUT2D eigenvalue weighted by Gasteiger charge is 2.25. The first-order valence-corrected chi connectivity index (χ1v) is 9.90. The number of hydrogen-bond donors (Lipinski definition) is 4. The largest absolute Gasteiger partial charge is 0.364 e. The van der Waals surface area contributed by atoms with E-state index in [4.69, 9.17) is 11.5 Å². The van der Waals surface area contributed by atoms with Crippen molar-refractivity contribution in [3.63, 3.8) is 0 Å². The third kappa shape index (κ3) is 3.47. The fourth-order valence-electron chi connectivity index (χ4n) is 3.57. The molecule has 27 heavy (non-hydrogen) atoms. The normalized spacial score (nSPS) is 19.9. The molecule has 1 aliphatic rings. The van der Waals surface area contributed by atoms with Crippen LogP contribution >= 0.6 is 11.3 Å². The molecular weight excluding hydrogens is 362 g/mol. The molecule has 6 N–H and O–H groups in total. The maximum absolute atomic E-state index is 12.0. The molecule has 1 aliphatic carbocycles. The van der Waals surface area contributed by atoms with Crippen molar-refractivity contribution in [2.45, 2.75) is 37.8 Å². The van der Waals surface area contributed by atoms with E-state index in [2.05, 4.69) is 20.6 Å². The van der Waals surface area contributed by atoms with Gasteiger partial charge in [0.25, 0.3) is 5.91 Å². The average Bonchev–Trinajstić information content (AvgIpc) is 3.21. The van der Waals surface area contributed by atoms with Crippen LogP contribution in [0.2, 0.25) is 0 Å². The van der Waals surface area contributed by atoms with Crippen LogP contribution in [0.3, 0.4) is 0 Å². The second-order valence-electron chi connectivity index (χ2n) is 6.91. The van der Waals surface area contributed by atoms with Crippen molar-refractivity contribution < 1.29 is 4.79 Å². The Bertz CT molecular complexity index is 979. The monoisotopic (exact) mass is 385 g/mol. The minimum atomic E-state index is -0.539. The lowest BCUT2D eigenvalue weighted by atomic mass is 9.91. The zero-order valence-electron chi connectivity index (χ0n) is 15.1. The minimum absolute atomic E-state index is 0.0796. The topological polar surface area (TPSA) is 124 Å². The summed E-state index contributed by atoms with van der Waals surface area (Å²) in [5.41, 5.74) is 15.7. The molecular formula is C18H23N7OS. The van der Waals surface area contributed by atoms with Gasteiger partial charge in [0.15, 0.2) is 11.5 Å². The molecule has 3 aromatic rings. The lowest BCUT2D eigenvalue weighted by molar-refractivity contribution is 0.0993. The van der Waals surface area contributed by atoms with E-state index < -0.39 is 5.91 Å². The van der Waals surface area contributed by atoms with Crippen LogP contribution in [0.5, 0.6) is 0 Å². The van der Waals surface area contributed by atoms with Crippen LogP contribution in [0.1, 0.15) is 36.2 Å². The number of nitrogens with one attached hydrogen (secondary N) is 2. The molecule has 0 spiro atoms. The number of carbonyl (C=O) groups excluding carboxylic acids is 1. The molecule has 0 saturated heterocycles. The summed E-state index contributed by atoms with van der Waals surface area (Å²) >= 11 is 1.58. The van der Waals surface area contributed by atoms with Crippen LogP contribution in [0.4, 0.5) is 17.5 Å². The molecule has 2 atom stereocenters. The number of nitrogens with two attached hydrogens (primary N) is 2. The Balaban J connectivity index is 1.63. The highest BCUT2D eigenvalue weighted by Crippen LogP contribution is 2.28. The SMILES string of the molecule is Cn1c(N[C@@H]2CCCC[C@@H]2N)nc(Nc2ccc3scnc3c2)c1C(N)=O. The number of aromatic nitrogens is 3. The number of primary amides is 1. The Kier molecular flexibility index (Phi) is 4.71. The maximum atomic E-state index is 12.0. The second-order valence-corrected chi connectivity index (χ2v) is 7.80. The first-order valence-electron chi connectivity index (χ1n) is 9.02. The lowest BCUT2D eigenvalue weighted by Crippen LogP contribution is -2.43. The van der Waals surface area contributed by atoms with Crippen LogP contribution in [-0.2, 0) is 7.05 Å². The standard InChI is InChI=1S/C18H23N7OS/c1-25-15(16(20)26)17(22-10-6-7-14-13(8-10)21-9-27-14)24-18(25)23-12-5-3-2-4-11(12)19/h6-9,11-12,22H,2-5,19H2,1H3,(H2,20,26)(H,23,24)/t11-,12+/m0/s1. The van der Waals surface area contributed by atoms with E-state index in [9.17, 15) is 4.79 Å². The fraction of sp³-hybridized carbons (Fsp3) is 0.389. The third-order valence-corrected chi connectivity index (χ3v) is 5.87. The Morgan fingerprint density at radius 1 is 1.33 bits per heavy atom. The Hall–Kier alpha value is -2.65. The fourth-order valence-corrected chi connectivity index (χ4v) is 4.23. The van der Waals surface area contributed by atoms with E-state index in [1.165, 1.54) is 0 Å². The van der Waals surface area contributed by atoms with Crippen LogP contribution in [0.25, 0.3) is 10.2 Å². The molecule has 1 fully saturated rings. The first-order chi connectivity index (χ1) is 13.0. The lowest BCUT2D eigenvalue weighted by Gasteiger charge is -2.29. The highest BCUT2D eigenvalue weighted by molar-refractivity contribution is 7.16. The van der Waals surface area contributed by atoms with Crippen LogP contribution in [0.15, 0.2) is 23.7 Å².